The SMILES string of the molecule is CC(C)C1(O)CN(C(=O)c2cc(N)c3ccccc3n2)C1. The summed E-state index contributed by atoms with van der Waals surface area (Å²) < 4.78 is 0. The van der Waals surface area contributed by atoms with Gasteiger partial charge in [0.1, 0.15) is 11.3 Å². The first-order valence-electron chi connectivity index (χ1n) is 7.07. The predicted molar refractivity (Wildman–Crippen MR) is 81.8 cm³/mol. The highest BCUT2D eigenvalue weighted by Crippen LogP contribution is 2.30. The van der Waals surface area contributed by atoms with Gasteiger partial charge in [0.15, 0.2) is 0 Å². The maximum Gasteiger partial charge on any atom is 0.272 e. The van der Waals surface area contributed by atoms with E-state index in [2.05, 4.69) is 4.98 Å². The molecule has 1 aromatic heterocycles. The first-order chi connectivity index (χ1) is 9.90. The van der Waals surface area contributed by atoms with Crippen LogP contribution in [0.3, 0.4) is 0 Å². The smallest absolute Gasteiger partial charge is 0.272 e. The second-order valence-corrected chi connectivity index (χ2v) is 6.03. The maximum absolute atomic E-state index is 12.4. The molecule has 0 aliphatic carbocycles. The minimum atomic E-state index is -0.780. The third kappa shape index (κ3) is 2.23. The van der Waals surface area contributed by atoms with Crippen molar-refractivity contribution in [1.82, 2.24) is 9.88 Å². The molecule has 1 aliphatic rings. The summed E-state index contributed by atoms with van der Waals surface area (Å²) in [6.07, 6.45) is 0. The van der Waals surface area contributed by atoms with Crippen LogP contribution < -0.4 is 5.73 Å². The van der Waals surface area contributed by atoms with Crippen molar-refractivity contribution in [3.8, 4) is 0 Å². The third-order valence-electron chi connectivity index (χ3n) is 4.26. The average molecular weight is 285 g/mol. The average Bonchev–Trinajstić information content (AvgIpc) is 2.43. The normalized spacial score (nSPS) is 17.0. The molecule has 0 radical (unpaired) electrons. The number of carbonyl (C=O) groups is 1. The highest BCUT2D eigenvalue weighted by molar-refractivity contribution is 5.99. The quantitative estimate of drug-likeness (QED) is 0.879. The highest BCUT2D eigenvalue weighted by atomic mass is 16.3. The number of likely N-dealkylation sites (tertiary alicyclic amines) is 1. The summed E-state index contributed by atoms with van der Waals surface area (Å²) in [5.74, 6) is -0.0611. The second kappa shape index (κ2) is 4.70. The molecule has 2 aromatic rings. The number of fused-ring (bicyclic) bond motifs is 1. The van der Waals surface area contributed by atoms with Crippen molar-refractivity contribution in [2.75, 3.05) is 18.8 Å². The third-order valence-corrected chi connectivity index (χ3v) is 4.26. The van der Waals surface area contributed by atoms with Crippen LogP contribution in [0.1, 0.15) is 24.3 Å². The maximum atomic E-state index is 12.4. The van der Waals surface area contributed by atoms with E-state index in [-0.39, 0.29) is 11.8 Å². The van der Waals surface area contributed by atoms with Crippen LogP contribution in [0.2, 0.25) is 0 Å². The van der Waals surface area contributed by atoms with E-state index in [9.17, 15) is 9.90 Å². The summed E-state index contributed by atoms with van der Waals surface area (Å²) in [7, 11) is 0. The number of amides is 1. The van der Waals surface area contributed by atoms with Gasteiger partial charge in [-0.1, -0.05) is 32.0 Å². The number of rotatable bonds is 2. The van der Waals surface area contributed by atoms with Crippen LogP contribution >= 0.6 is 0 Å². The molecule has 5 nitrogen and oxygen atoms in total. The summed E-state index contributed by atoms with van der Waals surface area (Å²) in [5, 5.41) is 11.1. The number of pyridine rings is 1. The number of hydrogen-bond acceptors (Lipinski definition) is 4. The number of nitrogens with zero attached hydrogens (tertiary/aromatic N) is 2. The van der Waals surface area contributed by atoms with E-state index in [0.717, 1.165) is 5.39 Å². The van der Waals surface area contributed by atoms with E-state index in [1.807, 2.05) is 38.1 Å². The molecule has 3 N–H and O–H groups in total. The fraction of sp³-hybridized carbons (Fsp3) is 0.375. The lowest BCUT2D eigenvalue weighted by atomic mass is 9.83. The van der Waals surface area contributed by atoms with Crippen molar-refractivity contribution >= 4 is 22.5 Å². The Labute approximate surface area is 123 Å². The van der Waals surface area contributed by atoms with Gasteiger partial charge >= 0.3 is 0 Å². The molecule has 1 saturated heterocycles. The number of anilines is 1. The number of hydrogen-bond donors (Lipinski definition) is 2. The summed E-state index contributed by atoms with van der Waals surface area (Å²) >= 11 is 0. The Morgan fingerprint density at radius 1 is 1.38 bits per heavy atom. The van der Waals surface area contributed by atoms with Crippen molar-refractivity contribution in [2.45, 2.75) is 19.4 Å². The van der Waals surface area contributed by atoms with Gasteiger partial charge in [-0.05, 0) is 18.1 Å². The number of benzene rings is 1. The van der Waals surface area contributed by atoms with E-state index in [0.29, 0.717) is 30.0 Å². The van der Waals surface area contributed by atoms with Gasteiger partial charge in [-0.2, -0.15) is 0 Å². The zero-order valence-electron chi connectivity index (χ0n) is 12.2. The van der Waals surface area contributed by atoms with Crippen LogP contribution in [0, 0.1) is 5.92 Å². The molecule has 0 atom stereocenters. The number of nitrogens with two attached hydrogens (primary N) is 1. The molecule has 2 heterocycles. The number of carbonyl (C=O) groups excluding carboxylic acids is 1. The largest absolute Gasteiger partial charge is 0.398 e. The molecule has 0 unspecified atom stereocenters. The van der Waals surface area contributed by atoms with Gasteiger partial charge in [0, 0.05) is 11.1 Å². The first kappa shape index (κ1) is 13.8. The fourth-order valence-corrected chi connectivity index (χ4v) is 2.60. The van der Waals surface area contributed by atoms with E-state index >= 15 is 0 Å². The Morgan fingerprint density at radius 3 is 2.71 bits per heavy atom. The summed E-state index contributed by atoms with van der Waals surface area (Å²) in [6.45, 7) is 4.60. The van der Waals surface area contributed by atoms with Crippen LogP contribution in [0.15, 0.2) is 30.3 Å². The molecular formula is C16H19N3O2. The number of β-amino-alcohol motifs (C(OH)–C–C–N with tert-alkyl or cyclic N) is 1. The summed E-state index contributed by atoms with van der Waals surface area (Å²) in [5.41, 5.74) is 6.80. The van der Waals surface area contributed by atoms with E-state index in [4.69, 9.17) is 5.73 Å². The molecular weight excluding hydrogens is 266 g/mol. The Hall–Kier alpha value is -2.14. The Morgan fingerprint density at radius 2 is 2.05 bits per heavy atom. The minimum absolute atomic E-state index is 0.121. The lowest BCUT2D eigenvalue weighted by Gasteiger charge is -2.48. The number of para-hydroxylation sites is 1. The summed E-state index contributed by atoms with van der Waals surface area (Å²) in [4.78, 5) is 18.4. The van der Waals surface area contributed by atoms with E-state index in [1.165, 1.54) is 0 Å². The van der Waals surface area contributed by atoms with Crippen molar-refractivity contribution < 1.29 is 9.90 Å². The molecule has 3 rings (SSSR count). The molecule has 1 aliphatic heterocycles. The summed E-state index contributed by atoms with van der Waals surface area (Å²) in [6, 6.07) is 9.08. The molecule has 1 fully saturated rings. The molecule has 110 valence electrons. The lowest BCUT2D eigenvalue weighted by molar-refractivity contribution is -0.111. The molecule has 1 aromatic carbocycles. The number of aromatic nitrogens is 1. The zero-order chi connectivity index (χ0) is 15.2. The van der Waals surface area contributed by atoms with Gasteiger partial charge < -0.3 is 15.7 Å². The van der Waals surface area contributed by atoms with Crippen molar-refractivity contribution in [2.24, 2.45) is 5.92 Å². The van der Waals surface area contributed by atoms with Gasteiger partial charge in [0.2, 0.25) is 0 Å². The molecule has 0 spiro atoms. The van der Waals surface area contributed by atoms with Crippen LogP contribution in [0.5, 0.6) is 0 Å². The van der Waals surface area contributed by atoms with Crippen molar-refractivity contribution in [3.63, 3.8) is 0 Å². The van der Waals surface area contributed by atoms with Gasteiger partial charge in [-0.15, -0.1) is 0 Å². The van der Waals surface area contributed by atoms with Crippen LogP contribution in [-0.2, 0) is 0 Å². The monoisotopic (exact) mass is 285 g/mol. The van der Waals surface area contributed by atoms with Crippen LogP contribution in [-0.4, -0.2) is 39.6 Å². The van der Waals surface area contributed by atoms with Crippen molar-refractivity contribution in [1.29, 1.82) is 0 Å². The van der Waals surface area contributed by atoms with E-state index < -0.39 is 5.60 Å². The Bertz CT molecular complexity index is 706. The standard InChI is InChI=1S/C16H19N3O2/c1-10(2)16(21)8-19(9-16)15(20)14-7-12(17)11-5-3-4-6-13(11)18-14/h3-7,10,21H,8-9H2,1-2H3,(H2,17,18). The van der Waals surface area contributed by atoms with Crippen LogP contribution in [0.25, 0.3) is 10.9 Å². The van der Waals surface area contributed by atoms with E-state index in [1.54, 1.807) is 11.0 Å². The van der Waals surface area contributed by atoms with Gasteiger partial charge in [0.05, 0.1) is 18.6 Å². The van der Waals surface area contributed by atoms with Crippen molar-refractivity contribution in [3.05, 3.63) is 36.0 Å². The molecule has 0 bridgehead atoms. The molecule has 21 heavy (non-hydrogen) atoms. The predicted octanol–water partition coefficient (Wildman–Crippen LogP) is 1.66. The first-order valence-corrected chi connectivity index (χ1v) is 7.07. The van der Waals surface area contributed by atoms with Gasteiger partial charge in [0.25, 0.3) is 5.91 Å². The number of aliphatic hydroxyl groups is 1. The fourth-order valence-electron chi connectivity index (χ4n) is 2.60. The van der Waals surface area contributed by atoms with Crippen LogP contribution in [0.4, 0.5) is 5.69 Å². The minimum Gasteiger partial charge on any atom is -0.398 e. The second-order valence-electron chi connectivity index (χ2n) is 6.03. The molecule has 1 amide bonds. The number of nitrogen functional groups attached to an aromatic ring is 1. The molecule has 0 saturated carbocycles. The topological polar surface area (TPSA) is 79.5 Å². The van der Waals surface area contributed by atoms with Gasteiger partial charge in [-0.3, -0.25) is 4.79 Å². The highest BCUT2D eigenvalue weighted by Gasteiger charge is 2.46. The lowest BCUT2D eigenvalue weighted by Crippen LogP contribution is -2.66. The Balaban J connectivity index is 1.87. The Kier molecular flexibility index (Phi) is 3.10. The molecule has 5 heteroatoms. The van der Waals surface area contributed by atoms with Gasteiger partial charge in [-0.25, -0.2) is 4.98 Å². The zero-order valence-corrected chi connectivity index (χ0v) is 12.2.